The summed E-state index contributed by atoms with van der Waals surface area (Å²) in [4.78, 5) is 52.8. The molecule has 4 fully saturated rings. The Bertz CT molecular complexity index is 1200. The smallest absolute Gasteiger partial charge is 0.348 e. The predicted molar refractivity (Wildman–Crippen MR) is 132 cm³/mol. The maximum absolute atomic E-state index is 13.5. The van der Waals surface area contributed by atoms with Crippen LogP contribution < -0.4 is 0 Å². The van der Waals surface area contributed by atoms with Gasteiger partial charge in [0.15, 0.2) is 11.5 Å². The van der Waals surface area contributed by atoms with Gasteiger partial charge in [0.05, 0.1) is 25.7 Å². The van der Waals surface area contributed by atoms with Crippen molar-refractivity contribution in [2.75, 3.05) is 13.7 Å². The lowest BCUT2D eigenvalue weighted by molar-refractivity contribution is -0.290. The van der Waals surface area contributed by atoms with Crippen molar-refractivity contribution >= 4 is 23.7 Å². The summed E-state index contributed by atoms with van der Waals surface area (Å²) in [5.74, 6) is -6.26. The summed E-state index contributed by atoms with van der Waals surface area (Å²) in [6.45, 7) is 8.72. The van der Waals surface area contributed by atoms with Crippen molar-refractivity contribution in [3.63, 3.8) is 0 Å². The molecule has 0 amide bonds. The van der Waals surface area contributed by atoms with Gasteiger partial charge in [0, 0.05) is 23.8 Å². The highest BCUT2D eigenvalue weighted by atomic mass is 16.6. The zero-order chi connectivity index (χ0) is 28.8. The number of hydrogen-bond donors (Lipinski definition) is 3. The molecule has 0 radical (unpaired) electrons. The van der Waals surface area contributed by atoms with E-state index in [9.17, 15) is 34.5 Å². The van der Waals surface area contributed by atoms with Gasteiger partial charge in [-0.1, -0.05) is 26.3 Å². The van der Waals surface area contributed by atoms with Gasteiger partial charge in [-0.3, -0.25) is 4.79 Å². The molecule has 39 heavy (non-hydrogen) atoms. The van der Waals surface area contributed by atoms with Crippen LogP contribution in [0.1, 0.15) is 47.5 Å². The van der Waals surface area contributed by atoms with Crippen LogP contribution in [0.25, 0.3) is 0 Å². The minimum atomic E-state index is -2.22. The normalized spacial score (nSPS) is 44.9. The number of methoxy groups -OCH3 is 1. The van der Waals surface area contributed by atoms with Crippen LogP contribution in [0.2, 0.25) is 0 Å². The van der Waals surface area contributed by atoms with Gasteiger partial charge in [-0.2, -0.15) is 0 Å². The Kier molecular flexibility index (Phi) is 6.32. The Morgan fingerprint density at radius 2 is 1.85 bits per heavy atom. The second kappa shape index (κ2) is 8.87. The summed E-state index contributed by atoms with van der Waals surface area (Å²) in [7, 11) is 1.10. The van der Waals surface area contributed by atoms with E-state index in [0.29, 0.717) is 11.1 Å². The standard InChI is InChI=1S/C28H36O11/c1-11(2)12(3)7-17(30)39-20-22-27-10-37-28(22,25(35)36-6)23(33)19(32)21(27)26(5)9-15(29)18(31)13(4)14(26)8-16(27)38-24(20)34/h7,11,14,16,19-23,31-33H,8-10H2,1-6H3/b12-7+. The minimum Gasteiger partial charge on any atom is -0.504 e. The number of ketones is 1. The van der Waals surface area contributed by atoms with Crippen molar-refractivity contribution in [2.45, 2.75) is 77.5 Å². The third-order valence-corrected chi connectivity index (χ3v) is 10.3. The van der Waals surface area contributed by atoms with Crippen LogP contribution in [-0.2, 0) is 38.1 Å². The Hall–Kier alpha value is -2.76. The second-order valence-corrected chi connectivity index (χ2v) is 12.3. The number of rotatable bonds is 4. The fourth-order valence-electron chi connectivity index (χ4n) is 8.37. The highest BCUT2D eigenvalue weighted by Gasteiger charge is 2.85. The van der Waals surface area contributed by atoms with E-state index < -0.39 is 82.3 Å². The molecule has 11 nitrogen and oxygen atoms in total. The molecule has 1 spiro atoms. The molecular formula is C28H36O11. The summed E-state index contributed by atoms with van der Waals surface area (Å²) in [5.41, 5.74) is -3.43. The molecule has 2 saturated carbocycles. The molecular weight excluding hydrogens is 512 g/mol. The Labute approximate surface area is 226 Å². The molecule has 5 rings (SSSR count). The summed E-state index contributed by atoms with van der Waals surface area (Å²) < 4.78 is 22.7. The van der Waals surface area contributed by atoms with Crippen molar-refractivity contribution in [3.05, 3.63) is 23.0 Å². The molecule has 10 atom stereocenters. The zero-order valence-electron chi connectivity index (χ0n) is 22.9. The predicted octanol–water partition coefficient (Wildman–Crippen LogP) is 1.15. The molecule has 2 bridgehead atoms. The van der Waals surface area contributed by atoms with Crippen LogP contribution in [0.3, 0.4) is 0 Å². The molecule has 0 aromatic rings. The Morgan fingerprint density at radius 1 is 1.18 bits per heavy atom. The zero-order valence-corrected chi connectivity index (χ0v) is 22.9. The number of carbonyl (C=O) groups is 4. The largest absolute Gasteiger partial charge is 0.504 e. The third-order valence-electron chi connectivity index (χ3n) is 10.3. The van der Waals surface area contributed by atoms with E-state index in [1.54, 1.807) is 20.8 Å². The van der Waals surface area contributed by atoms with Crippen molar-refractivity contribution in [3.8, 4) is 0 Å². The number of hydrogen-bond acceptors (Lipinski definition) is 11. The number of aliphatic hydroxyl groups is 3. The fourth-order valence-corrected chi connectivity index (χ4v) is 8.37. The van der Waals surface area contributed by atoms with Gasteiger partial charge >= 0.3 is 17.9 Å². The SMILES string of the molecule is COC(=O)C12OCC34C(CC5C(C)=C(O)C(=O)CC5(C)C3C(O)C1O)OC(=O)C(OC(=O)/C=C(\C)C(C)C)C24. The van der Waals surface area contributed by atoms with E-state index >= 15 is 0 Å². The molecule has 2 aliphatic heterocycles. The lowest BCUT2D eigenvalue weighted by atomic mass is 9.38. The highest BCUT2D eigenvalue weighted by molar-refractivity contribution is 5.95. The first-order valence-corrected chi connectivity index (χ1v) is 13.3. The van der Waals surface area contributed by atoms with Crippen LogP contribution in [0.15, 0.2) is 23.0 Å². The number of Topliss-reactive ketones (excluding diaryl/α,β-unsaturated/α-hetero) is 1. The molecule has 0 aromatic heterocycles. The van der Waals surface area contributed by atoms with Gasteiger partial charge in [0.1, 0.15) is 12.2 Å². The van der Waals surface area contributed by atoms with Crippen LogP contribution >= 0.6 is 0 Å². The average Bonchev–Trinajstić information content (AvgIpc) is 3.18. The summed E-state index contributed by atoms with van der Waals surface area (Å²) >= 11 is 0. The molecule has 3 aliphatic carbocycles. The van der Waals surface area contributed by atoms with E-state index in [0.717, 1.165) is 7.11 Å². The Morgan fingerprint density at radius 3 is 2.46 bits per heavy atom. The quantitative estimate of drug-likeness (QED) is 0.262. The molecule has 2 saturated heterocycles. The van der Waals surface area contributed by atoms with Gasteiger partial charge in [0.25, 0.3) is 0 Å². The lowest BCUT2D eigenvalue weighted by Gasteiger charge is -2.67. The Balaban J connectivity index is 1.71. The second-order valence-electron chi connectivity index (χ2n) is 12.3. The minimum absolute atomic E-state index is 0.0302. The molecule has 0 aromatic carbocycles. The number of esters is 3. The van der Waals surface area contributed by atoms with E-state index in [1.165, 1.54) is 6.08 Å². The van der Waals surface area contributed by atoms with Gasteiger partial charge in [-0.25, -0.2) is 14.4 Å². The third kappa shape index (κ3) is 3.39. The maximum atomic E-state index is 13.5. The highest BCUT2D eigenvalue weighted by Crippen LogP contribution is 2.72. The van der Waals surface area contributed by atoms with Gasteiger partial charge in [-0.15, -0.1) is 0 Å². The molecule has 5 aliphatic rings. The van der Waals surface area contributed by atoms with E-state index in [2.05, 4.69) is 0 Å². The molecule has 3 N–H and O–H groups in total. The number of carbonyl (C=O) groups excluding carboxylic acids is 4. The number of fused-ring (bicyclic) bond motifs is 2. The number of aliphatic hydroxyl groups excluding tert-OH is 3. The van der Waals surface area contributed by atoms with E-state index in [1.807, 2.05) is 13.8 Å². The van der Waals surface area contributed by atoms with Crippen LogP contribution in [0.5, 0.6) is 0 Å². The summed E-state index contributed by atoms with van der Waals surface area (Å²) in [6.07, 6.45) is -4.75. The number of ether oxygens (including phenoxy) is 4. The first-order chi connectivity index (χ1) is 18.2. The van der Waals surface area contributed by atoms with Gasteiger partial charge in [0.2, 0.25) is 11.7 Å². The van der Waals surface area contributed by atoms with E-state index in [-0.39, 0.29) is 31.1 Å². The molecule has 2 heterocycles. The molecule has 214 valence electrons. The van der Waals surface area contributed by atoms with Crippen molar-refractivity contribution in [2.24, 2.45) is 34.5 Å². The lowest BCUT2D eigenvalue weighted by Crippen LogP contribution is -2.79. The van der Waals surface area contributed by atoms with Crippen molar-refractivity contribution in [1.82, 2.24) is 0 Å². The van der Waals surface area contributed by atoms with Crippen LogP contribution in [0, 0.1) is 34.5 Å². The van der Waals surface area contributed by atoms with Crippen molar-refractivity contribution in [1.29, 1.82) is 0 Å². The monoisotopic (exact) mass is 548 g/mol. The first kappa shape index (κ1) is 27.8. The average molecular weight is 549 g/mol. The molecule has 11 heteroatoms. The first-order valence-electron chi connectivity index (χ1n) is 13.3. The maximum Gasteiger partial charge on any atom is 0.348 e. The van der Waals surface area contributed by atoms with Crippen molar-refractivity contribution < 1.29 is 53.4 Å². The number of allylic oxidation sites excluding steroid dienone is 3. The van der Waals surface area contributed by atoms with Crippen LogP contribution in [0.4, 0.5) is 0 Å². The van der Waals surface area contributed by atoms with E-state index in [4.69, 9.17) is 18.9 Å². The topological polar surface area (TPSA) is 166 Å². The summed E-state index contributed by atoms with van der Waals surface area (Å²) in [5, 5.41) is 33.7. The van der Waals surface area contributed by atoms with Gasteiger partial charge < -0.3 is 34.3 Å². The summed E-state index contributed by atoms with van der Waals surface area (Å²) in [6, 6.07) is 0. The molecule has 10 unspecified atom stereocenters. The van der Waals surface area contributed by atoms with Crippen LogP contribution in [-0.4, -0.2) is 82.7 Å². The fraction of sp³-hybridized carbons (Fsp3) is 0.714. The van der Waals surface area contributed by atoms with Gasteiger partial charge in [-0.05, 0) is 43.1 Å².